The first-order valence-corrected chi connectivity index (χ1v) is 8.83. The van der Waals surface area contributed by atoms with E-state index in [-0.39, 0.29) is 30.1 Å². The largest absolute Gasteiger partial charge is 0.326 e. The van der Waals surface area contributed by atoms with Gasteiger partial charge in [-0.05, 0) is 18.1 Å². The fourth-order valence-corrected chi connectivity index (χ4v) is 3.37. The predicted molar refractivity (Wildman–Crippen MR) is 99.1 cm³/mol. The van der Waals surface area contributed by atoms with Crippen LogP contribution in [0.25, 0.3) is 0 Å². The number of rotatable bonds is 4. The minimum Gasteiger partial charge on any atom is -0.326 e. The number of aliphatic imine (C=N–C) groups is 1. The summed E-state index contributed by atoms with van der Waals surface area (Å²) in [6.07, 6.45) is 1.04. The molecule has 3 aliphatic rings. The molecule has 3 heterocycles. The van der Waals surface area contributed by atoms with Crippen molar-refractivity contribution in [3.63, 3.8) is 0 Å². The molecule has 0 aromatic heterocycles. The van der Waals surface area contributed by atoms with Crippen molar-refractivity contribution in [2.45, 2.75) is 26.1 Å². The third-order valence-electron chi connectivity index (χ3n) is 4.83. The Labute approximate surface area is 156 Å². The van der Waals surface area contributed by atoms with Crippen LogP contribution in [0.3, 0.4) is 0 Å². The number of amides is 4. The molecule has 4 rings (SSSR count). The van der Waals surface area contributed by atoms with Crippen molar-refractivity contribution >= 4 is 35.6 Å². The van der Waals surface area contributed by atoms with Crippen LogP contribution in [0.4, 0.5) is 10.5 Å². The quantitative estimate of drug-likeness (QED) is 0.757. The number of nitrogens with zero attached hydrogens (tertiary/aromatic N) is 4. The summed E-state index contributed by atoms with van der Waals surface area (Å²) in [5.74, 6) is -0.812. The van der Waals surface area contributed by atoms with Crippen LogP contribution >= 0.6 is 0 Å². The topological polar surface area (TPSA) is 106 Å². The number of para-hydroxylation sites is 1. The van der Waals surface area contributed by atoms with E-state index in [0.29, 0.717) is 0 Å². The number of fused-ring (bicyclic) bond motifs is 1. The predicted octanol–water partition coefficient (Wildman–Crippen LogP) is 0.539. The number of anilines is 1. The monoisotopic (exact) mass is 368 g/mol. The summed E-state index contributed by atoms with van der Waals surface area (Å²) in [4.78, 5) is 42.7. The van der Waals surface area contributed by atoms with Crippen LogP contribution in [0.2, 0.25) is 0 Å². The first-order valence-electron chi connectivity index (χ1n) is 8.83. The number of hydrazone groups is 1. The Balaban J connectivity index is 1.57. The lowest BCUT2D eigenvalue weighted by molar-refractivity contribution is -0.128. The van der Waals surface area contributed by atoms with E-state index in [1.807, 2.05) is 44.2 Å². The Morgan fingerprint density at radius 1 is 1.15 bits per heavy atom. The van der Waals surface area contributed by atoms with Crippen LogP contribution in [0.1, 0.15) is 13.8 Å². The van der Waals surface area contributed by atoms with Gasteiger partial charge in [0.25, 0.3) is 5.91 Å². The van der Waals surface area contributed by atoms with E-state index >= 15 is 0 Å². The standard InChI is InChI=1S/C18H20N6O3/c1-10(2)14-17(26)23(18(27)22-14)9-13-20-15-12(16(25)21-13)8-19-24(15)11-6-4-3-5-7-11/h3-8,10,12,14-15H,9H2,1-2H3,(H,22,27)(H,20,21,25)/t12?,14-,15?/m0/s1. The molecule has 2 N–H and O–H groups in total. The third kappa shape index (κ3) is 2.94. The highest BCUT2D eigenvalue weighted by Crippen LogP contribution is 2.28. The van der Waals surface area contributed by atoms with Crippen LogP contribution in [0.15, 0.2) is 40.4 Å². The molecular formula is C18H20N6O3. The lowest BCUT2D eigenvalue weighted by Gasteiger charge is -2.29. The van der Waals surface area contributed by atoms with E-state index in [4.69, 9.17) is 0 Å². The molecule has 2 unspecified atom stereocenters. The van der Waals surface area contributed by atoms with Crippen molar-refractivity contribution in [1.82, 2.24) is 15.5 Å². The molecule has 1 fully saturated rings. The second-order valence-corrected chi connectivity index (χ2v) is 7.04. The van der Waals surface area contributed by atoms with Gasteiger partial charge < -0.3 is 10.6 Å². The Bertz CT molecular complexity index is 850. The number of urea groups is 1. The summed E-state index contributed by atoms with van der Waals surface area (Å²) in [6, 6.07) is 8.39. The molecule has 1 aromatic carbocycles. The second kappa shape index (κ2) is 6.49. The van der Waals surface area contributed by atoms with E-state index in [0.717, 1.165) is 10.6 Å². The molecule has 0 spiro atoms. The summed E-state index contributed by atoms with van der Waals surface area (Å²) < 4.78 is 0. The number of benzene rings is 1. The first kappa shape index (κ1) is 17.2. The van der Waals surface area contributed by atoms with Gasteiger partial charge in [0.05, 0.1) is 12.2 Å². The van der Waals surface area contributed by atoms with Crippen LogP contribution in [-0.4, -0.2) is 53.5 Å². The van der Waals surface area contributed by atoms with Crippen LogP contribution < -0.4 is 15.6 Å². The molecular weight excluding hydrogens is 348 g/mol. The Kier molecular flexibility index (Phi) is 4.14. The SMILES string of the molecule is CC(C)[C@@H]1NC(=O)N(CC2=NC3C(C=NN3c3ccccc3)C(=O)N2)C1=O. The van der Waals surface area contributed by atoms with Crippen molar-refractivity contribution in [2.24, 2.45) is 21.9 Å². The van der Waals surface area contributed by atoms with Crippen LogP contribution in [-0.2, 0) is 9.59 Å². The number of amidine groups is 1. The highest BCUT2D eigenvalue weighted by atomic mass is 16.2. The molecule has 27 heavy (non-hydrogen) atoms. The van der Waals surface area contributed by atoms with Gasteiger partial charge in [0.2, 0.25) is 5.91 Å². The van der Waals surface area contributed by atoms with Crippen LogP contribution in [0.5, 0.6) is 0 Å². The van der Waals surface area contributed by atoms with E-state index in [1.54, 1.807) is 11.2 Å². The van der Waals surface area contributed by atoms with Crippen molar-refractivity contribution in [2.75, 3.05) is 11.6 Å². The van der Waals surface area contributed by atoms with Crippen LogP contribution in [0, 0.1) is 11.8 Å². The Hall–Kier alpha value is -3.23. The van der Waals surface area contributed by atoms with Gasteiger partial charge >= 0.3 is 6.03 Å². The number of hydrogen-bond donors (Lipinski definition) is 2. The molecule has 0 bridgehead atoms. The van der Waals surface area contributed by atoms with Gasteiger partial charge in [-0.25, -0.2) is 14.8 Å². The van der Waals surface area contributed by atoms with Gasteiger partial charge in [-0.15, -0.1) is 0 Å². The number of nitrogens with one attached hydrogen (secondary N) is 2. The molecule has 9 heteroatoms. The lowest BCUT2D eigenvalue weighted by atomic mass is 10.0. The zero-order valence-electron chi connectivity index (χ0n) is 15.0. The maximum absolute atomic E-state index is 12.5. The van der Waals surface area contributed by atoms with E-state index in [9.17, 15) is 14.4 Å². The molecule has 0 aliphatic carbocycles. The van der Waals surface area contributed by atoms with E-state index in [1.165, 1.54) is 0 Å². The zero-order chi connectivity index (χ0) is 19.1. The zero-order valence-corrected chi connectivity index (χ0v) is 15.0. The molecule has 1 aromatic rings. The maximum atomic E-state index is 12.5. The van der Waals surface area contributed by atoms with E-state index in [2.05, 4.69) is 20.7 Å². The Morgan fingerprint density at radius 2 is 1.89 bits per heavy atom. The van der Waals surface area contributed by atoms with Crippen molar-refractivity contribution in [3.8, 4) is 0 Å². The summed E-state index contributed by atoms with van der Waals surface area (Å²) in [5, 5.41) is 11.3. The second-order valence-electron chi connectivity index (χ2n) is 7.04. The van der Waals surface area contributed by atoms with Gasteiger partial charge in [0.15, 0.2) is 6.17 Å². The van der Waals surface area contributed by atoms with Crippen molar-refractivity contribution < 1.29 is 14.4 Å². The number of hydrogen-bond acceptors (Lipinski definition) is 6. The molecule has 3 atom stereocenters. The highest BCUT2D eigenvalue weighted by Gasteiger charge is 2.43. The average Bonchev–Trinajstić information content (AvgIpc) is 3.19. The summed E-state index contributed by atoms with van der Waals surface area (Å²) in [7, 11) is 0. The van der Waals surface area contributed by atoms with Gasteiger partial charge in [0.1, 0.15) is 17.8 Å². The molecule has 3 aliphatic heterocycles. The molecule has 9 nitrogen and oxygen atoms in total. The van der Waals surface area contributed by atoms with Gasteiger partial charge in [0, 0.05) is 6.21 Å². The summed E-state index contributed by atoms with van der Waals surface area (Å²) in [5.41, 5.74) is 0.814. The lowest BCUT2D eigenvalue weighted by Crippen LogP contribution is -2.52. The minimum atomic E-state index is -0.555. The molecule has 0 saturated carbocycles. The summed E-state index contributed by atoms with van der Waals surface area (Å²) in [6.45, 7) is 3.65. The summed E-state index contributed by atoms with van der Waals surface area (Å²) >= 11 is 0. The average molecular weight is 368 g/mol. The fraction of sp³-hybridized carbons (Fsp3) is 0.389. The number of carbonyl (C=O) groups is 3. The van der Waals surface area contributed by atoms with Gasteiger partial charge in [-0.1, -0.05) is 32.0 Å². The van der Waals surface area contributed by atoms with Gasteiger partial charge in [-0.3, -0.25) is 14.5 Å². The van der Waals surface area contributed by atoms with Gasteiger partial charge in [-0.2, -0.15) is 5.10 Å². The van der Waals surface area contributed by atoms with E-state index < -0.39 is 24.2 Å². The molecule has 4 amide bonds. The van der Waals surface area contributed by atoms with Crippen molar-refractivity contribution in [1.29, 1.82) is 0 Å². The number of imide groups is 1. The van der Waals surface area contributed by atoms with Crippen molar-refractivity contribution in [3.05, 3.63) is 30.3 Å². The molecule has 140 valence electrons. The third-order valence-corrected chi connectivity index (χ3v) is 4.83. The minimum absolute atomic E-state index is 0.0180. The normalized spacial score (nSPS) is 27.0. The maximum Gasteiger partial charge on any atom is 0.325 e. The molecule has 1 saturated heterocycles. The highest BCUT2D eigenvalue weighted by molar-refractivity contribution is 6.12. The fourth-order valence-electron chi connectivity index (χ4n) is 3.37. The smallest absolute Gasteiger partial charge is 0.325 e. The number of carbonyl (C=O) groups excluding carboxylic acids is 3. The Morgan fingerprint density at radius 3 is 2.56 bits per heavy atom. The first-order chi connectivity index (χ1) is 13.0. The molecule has 0 radical (unpaired) electrons.